The molecule has 0 saturated heterocycles. The maximum Gasteiger partial charge on any atom is 0.256 e. The van der Waals surface area contributed by atoms with Gasteiger partial charge in [0.1, 0.15) is 5.82 Å². The lowest BCUT2D eigenvalue weighted by Gasteiger charge is -2.08. The maximum atomic E-state index is 13.6. The molecule has 98 valence electrons. The molecule has 0 aliphatic heterocycles. The number of anilines is 1. The van der Waals surface area contributed by atoms with Crippen molar-refractivity contribution >= 4 is 59.4 Å². The van der Waals surface area contributed by atoms with E-state index in [-0.39, 0.29) is 11.6 Å². The first-order chi connectivity index (χ1) is 8.97. The molecular weight excluding hydrogens is 445 g/mol. The van der Waals surface area contributed by atoms with Crippen LogP contribution in [0, 0.1) is 5.82 Å². The third-order valence-corrected chi connectivity index (χ3v) is 4.00. The molecule has 2 rings (SSSR count). The van der Waals surface area contributed by atoms with E-state index in [1.54, 1.807) is 24.3 Å². The van der Waals surface area contributed by atoms with Gasteiger partial charge in [0.15, 0.2) is 0 Å². The largest absolute Gasteiger partial charge is 0.319 e. The second kappa shape index (κ2) is 6.15. The number of rotatable bonds is 2. The van der Waals surface area contributed by atoms with Crippen LogP contribution in [0.25, 0.3) is 0 Å². The predicted molar refractivity (Wildman–Crippen MR) is 83.9 cm³/mol. The van der Waals surface area contributed by atoms with Gasteiger partial charge in [-0.25, -0.2) is 4.39 Å². The minimum Gasteiger partial charge on any atom is -0.319 e. The molecule has 2 aromatic carbocycles. The highest BCUT2D eigenvalue weighted by Crippen LogP contribution is 2.24. The van der Waals surface area contributed by atoms with Gasteiger partial charge in [0.2, 0.25) is 0 Å². The molecule has 2 nitrogen and oxygen atoms in total. The highest BCUT2D eigenvalue weighted by atomic mass is 79.9. The van der Waals surface area contributed by atoms with Crippen LogP contribution in [0.4, 0.5) is 10.1 Å². The van der Waals surface area contributed by atoms with Crippen LogP contribution < -0.4 is 5.32 Å². The molecule has 0 spiro atoms. The first kappa shape index (κ1) is 14.7. The molecule has 2 aromatic rings. The van der Waals surface area contributed by atoms with Crippen LogP contribution in [0.15, 0.2) is 49.8 Å². The molecule has 0 aliphatic carbocycles. The van der Waals surface area contributed by atoms with Gasteiger partial charge in [-0.15, -0.1) is 0 Å². The Balaban J connectivity index is 2.25. The van der Waals surface area contributed by atoms with E-state index < -0.39 is 5.82 Å². The van der Waals surface area contributed by atoms with E-state index in [0.717, 1.165) is 4.47 Å². The zero-order chi connectivity index (χ0) is 14.0. The smallest absolute Gasteiger partial charge is 0.256 e. The van der Waals surface area contributed by atoms with Gasteiger partial charge in [0, 0.05) is 13.4 Å². The van der Waals surface area contributed by atoms with Crippen molar-refractivity contribution in [1.82, 2.24) is 0 Å². The van der Waals surface area contributed by atoms with Crippen LogP contribution in [0.1, 0.15) is 10.4 Å². The number of carbonyl (C=O) groups is 1. The lowest BCUT2D eigenvalue weighted by Crippen LogP contribution is -2.13. The Kier molecular flexibility index (Phi) is 4.76. The first-order valence-corrected chi connectivity index (χ1v) is 7.57. The molecule has 1 amide bonds. The van der Waals surface area contributed by atoms with Gasteiger partial charge in [-0.05, 0) is 52.3 Å². The van der Waals surface area contributed by atoms with Crippen LogP contribution in [-0.2, 0) is 0 Å². The van der Waals surface area contributed by atoms with Crippen molar-refractivity contribution in [3.63, 3.8) is 0 Å². The Labute approximate surface area is 134 Å². The van der Waals surface area contributed by atoms with Gasteiger partial charge >= 0.3 is 0 Å². The Hall–Kier alpha value is -0.720. The van der Waals surface area contributed by atoms with E-state index in [4.69, 9.17) is 0 Å². The molecule has 0 radical (unpaired) electrons. The second-order valence-electron chi connectivity index (χ2n) is 3.70. The highest BCUT2D eigenvalue weighted by molar-refractivity contribution is 9.11. The van der Waals surface area contributed by atoms with Crippen molar-refractivity contribution in [2.24, 2.45) is 0 Å². The Morgan fingerprint density at radius 2 is 1.63 bits per heavy atom. The summed E-state index contributed by atoms with van der Waals surface area (Å²) in [6, 6.07) is 9.62. The molecule has 0 atom stereocenters. The van der Waals surface area contributed by atoms with Crippen LogP contribution in [0.2, 0.25) is 0 Å². The summed E-state index contributed by atoms with van der Waals surface area (Å²) in [7, 11) is 0. The average Bonchev–Trinajstić information content (AvgIpc) is 2.32. The van der Waals surface area contributed by atoms with Gasteiger partial charge in [0.25, 0.3) is 5.91 Å². The summed E-state index contributed by atoms with van der Waals surface area (Å²) < 4.78 is 15.7. The number of carbonyl (C=O) groups excluding carboxylic acids is 1. The van der Waals surface area contributed by atoms with Gasteiger partial charge < -0.3 is 5.32 Å². The van der Waals surface area contributed by atoms with E-state index in [9.17, 15) is 9.18 Å². The van der Waals surface area contributed by atoms with Crippen LogP contribution in [0.3, 0.4) is 0 Å². The zero-order valence-electron chi connectivity index (χ0n) is 9.38. The predicted octanol–water partition coefficient (Wildman–Crippen LogP) is 5.37. The van der Waals surface area contributed by atoms with Gasteiger partial charge in [-0.2, -0.15) is 0 Å². The molecular formula is C13H7Br3FNO. The van der Waals surface area contributed by atoms with Crippen molar-refractivity contribution < 1.29 is 9.18 Å². The van der Waals surface area contributed by atoms with E-state index >= 15 is 0 Å². The van der Waals surface area contributed by atoms with Gasteiger partial charge in [-0.3, -0.25) is 4.79 Å². The molecule has 0 aliphatic rings. The quantitative estimate of drug-likeness (QED) is 0.653. The minimum atomic E-state index is -0.490. The molecule has 0 bridgehead atoms. The van der Waals surface area contributed by atoms with Crippen molar-refractivity contribution in [3.05, 3.63) is 61.2 Å². The second-order valence-corrected chi connectivity index (χ2v) is 6.39. The van der Waals surface area contributed by atoms with Crippen molar-refractivity contribution in [1.29, 1.82) is 0 Å². The van der Waals surface area contributed by atoms with E-state index in [0.29, 0.717) is 14.5 Å². The van der Waals surface area contributed by atoms with Crippen molar-refractivity contribution in [2.45, 2.75) is 0 Å². The third kappa shape index (κ3) is 3.64. The van der Waals surface area contributed by atoms with Crippen LogP contribution >= 0.6 is 47.8 Å². The summed E-state index contributed by atoms with van der Waals surface area (Å²) in [5.74, 6) is -0.864. The molecule has 0 fully saturated rings. The third-order valence-electron chi connectivity index (χ3n) is 2.36. The monoisotopic (exact) mass is 449 g/mol. The van der Waals surface area contributed by atoms with Crippen LogP contribution in [-0.4, -0.2) is 5.91 Å². The standard InChI is InChI=1S/C13H7Br3FNO/c14-7-1-3-9(10(16)5-7)13(19)18-12-4-2-8(15)6-11(12)17/h1-6H,(H,18,19). The minimum absolute atomic E-state index is 0.142. The molecule has 0 unspecified atom stereocenters. The van der Waals surface area contributed by atoms with Gasteiger partial charge in [-0.1, -0.05) is 31.9 Å². The summed E-state index contributed by atoms with van der Waals surface area (Å²) >= 11 is 9.77. The van der Waals surface area contributed by atoms with Gasteiger partial charge in [0.05, 0.1) is 11.3 Å². The summed E-state index contributed by atoms with van der Waals surface area (Å²) in [5.41, 5.74) is 0.577. The maximum absolute atomic E-state index is 13.6. The number of hydrogen-bond donors (Lipinski definition) is 1. The Morgan fingerprint density at radius 1 is 1.00 bits per heavy atom. The molecule has 6 heteroatoms. The molecule has 0 saturated carbocycles. The van der Waals surface area contributed by atoms with E-state index in [1.807, 2.05) is 0 Å². The molecule has 0 aromatic heterocycles. The fourth-order valence-electron chi connectivity index (χ4n) is 1.45. The average molecular weight is 452 g/mol. The SMILES string of the molecule is O=C(Nc1ccc(Br)cc1F)c1ccc(Br)cc1Br. The number of amides is 1. The number of nitrogens with one attached hydrogen (secondary N) is 1. The summed E-state index contributed by atoms with van der Waals surface area (Å²) in [6.07, 6.45) is 0. The highest BCUT2D eigenvalue weighted by Gasteiger charge is 2.12. The molecule has 1 N–H and O–H groups in total. The fourth-order valence-corrected chi connectivity index (χ4v) is 3.01. The topological polar surface area (TPSA) is 29.1 Å². The van der Waals surface area contributed by atoms with E-state index in [2.05, 4.69) is 53.1 Å². The Morgan fingerprint density at radius 3 is 2.26 bits per heavy atom. The summed E-state index contributed by atoms with van der Waals surface area (Å²) in [4.78, 5) is 12.0. The molecule has 19 heavy (non-hydrogen) atoms. The number of halogens is 4. The normalized spacial score (nSPS) is 10.3. The lowest BCUT2D eigenvalue weighted by atomic mass is 10.2. The van der Waals surface area contributed by atoms with Crippen molar-refractivity contribution in [2.75, 3.05) is 5.32 Å². The summed E-state index contributed by atoms with van der Waals surface area (Å²) in [5, 5.41) is 2.53. The van der Waals surface area contributed by atoms with Crippen molar-refractivity contribution in [3.8, 4) is 0 Å². The lowest BCUT2D eigenvalue weighted by molar-refractivity contribution is 0.102. The number of benzene rings is 2. The first-order valence-electron chi connectivity index (χ1n) is 5.19. The summed E-state index contributed by atoms with van der Waals surface area (Å²) in [6.45, 7) is 0. The van der Waals surface area contributed by atoms with Crippen LogP contribution in [0.5, 0.6) is 0 Å². The van der Waals surface area contributed by atoms with E-state index in [1.165, 1.54) is 12.1 Å². The zero-order valence-corrected chi connectivity index (χ0v) is 14.1. The molecule has 0 heterocycles. The fraction of sp³-hybridized carbons (Fsp3) is 0. The Bertz CT molecular complexity index is 646. The number of hydrogen-bond acceptors (Lipinski definition) is 1.